The lowest BCUT2D eigenvalue weighted by Crippen LogP contribution is -2.66. The Labute approximate surface area is 203 Å². The molecule has 0 bridgehead atoms. The number of hydrogen-bond donors (Lipinski definition) is 5. The van der Waals surface area contributed by atoms with Gasteiger partial charge < -0.3 is 35.8 Å². The molecular weight excluding hydrogens is 456 g/mol. The van der Waals surface area contributed by atoms with Gasteiger partial charge in [0.2, 0.25) is 11.7 Å². The van der Waals surface area contributed by atoms with Crippen LogP contribution in [0.4, 0.5) is 5.69 Å². The van der Waals surface area contributed by atoms with Crippen molar-refractivity contribution in [3.8, 4) is 5.75 Å². The number of phenolic OH excluding ortho intramolecular Hbond substituents is 1. The predicted octanol–water partition coefficient (Wildman–Crippen LogP) is 0.582. The monoisotopic (exact) mass is 488 g/mol. The van der Waals surface area contributed by atoms with Crippen molar-refractivity contribution in [2.45, 2.75) is 50.9 Å². The molecule has 2 saturated carbocycles. The first-order valence-electron chi connectivity index (χ1n) is 11.8. The van der Waals surface area contributed by atoms with Gasteiger partial charge in [0.15, 0.2) is 11.4 Å². The molecule has 2 unspecified atom stereocenters. The fourth-order valence-corrected chi connectivity index (χ4v) is 5.86. The van der Waals surface area contributed by atoms with Crippen LogP contribution in [0.2, 0.25) is 0 Å². The van der Waals surface area contributed by atoms with Crippen LogP contribution in [0, 0.1) is 17.8 Å². The number of carbonyl (C=O) groups is 3. The number of nitrogens with zero attached hydrogens (tertiary/aromatic N) is 1. The molecule has 10 heteroatoms. The average molecular weight is 489 g/mol. The van der Waals surface area contributed by atoms with Gasteiger partial charge in [0, 0.05) is 43.4 Å². The molecule has 4 rings (SSSR count). The van der Waals surface area contributed by atoms with E-state index < -0.39 is 52.7 Å². The molecule has 35 heavy (non-hydrogen) atoms. The Bertz CT molecular complexity index is 1130. The normalized spacial score (nSPS) is 30.0. The molecule has 190 valence electrons. The molecule has 5 atom stereocenters. The first-order chi connectivity index (χ1) is 16.4. The minimum Gasteiger partial charge on any atom is -0.507 e. The fourth-order valence-electron chi connectivity index (χ4n) is 5.86. The lowest BCUT2D eigenvalue weighted by atomic mass is 9.56. The highest BCUT2D eigenvalue weighted by Crippen LogP contribution is 2.53. The quantitative estimate of drug-likeness (QED) is 0.284. The number of aromatic hydroxyl groups is 1. The van der Waals surface area contributed by atoms with Gasteiger partial charge in [0.05, 0.1) is 18.3 Å². The third-order valence-electron chi connectivity index (χ3n) is 7.53. The van der Waals surface area contributed by atoms with E-state index in [9.17, 15) is 34.8 Å². The maximum atomic E-state index is 13.6. The topological polar surface area (TPSA) is 171 Å². The SMILES string of the molecule is CCCOCc1cc(N(C)C)c2c(c1O)C(O)=C1C(=O)[C@]3(O)C(=O)C(C(N)=O)C(O)C[C@@H]3C[C@@H]1C2. The van der Waals surface area contributed by atoms with Gasteiger partial charge in [-0.1, -0.05) is 6.92 Å². The van der Waals surface area contributed by atoms with Crippen LogP contribution in [0.15, 0.2) is 11.6 Å². The summed E-state index contributed by atoms with van der Waals surface area (Å²) in [4.78, 5) is 40.3. The van der Waals surface area contributed by atoms with Crippen LogP contribution in [0.3, 0.4) is 0 Å². The van der Waals surface area contributed by atoms with Crippen molar-refractivity contribution < 1.29 is 39.5 Å². The minimum atomic E-state index is -2.59. The van der Waals surface area contributed by atoms with E-state index in [1.54, 1.807) is 6.07 Å². The Morgan fingerprint density at radius 3 is 2.54 bits per heavy atom. The summed E-state index contributed by atoms with van der Waals surface area (Å²) in [5.41, 5.74) is 4.40. The molecule has 0 heterocycles. The molecule has 6 N–H and O–H groups in total. The van der Waals surface area contributed by atoms with Gasteiger partial charge in [-0.25, -0.2) is 0 Å². The molecule has 1 aromatic carbocycles. The largest absolute Gasteiger partial charge is 0.507 e. The van der Waals surface area contributed by atoms with Crippen LogP contribution >= 0.6 is 0 Å². The molecule has 10 nitrogen and oxygen atoms in total. The number of aliphatic hydroxyl groups is 3. The Hall–Kier alpha value is -2.95. The van der Waals surface area contributed by atoms with Gasteiger partial charge in [-0.3, -0.25) is 14.4 Å². The van der Waals surface area contributed by atoms with Crippen molar-refractivity contribution in [2.24, 2.45) is 23.5 Å². The third kappa shape index (κ3) is 3.71. The van der Waals surface area contributed by atoms with Crippen LogP contribution in [-0.4, -0.2) is 70.3 Å². The smallest absolute Gasteiger partial charge is 0.230 e. The number of Topliss-reactive ketones (excluding diaryl/α,β-unsaturated/α-hetero) is 2. The number of benzene rings is 1. The highest BCUT2D eigenvalue weighted by Gasteiger charge is 2.64. The molecular formula is C25H32N2O8. The molecule has 0 saturated heterocycles. The van der Waals surface area contributed by atoms with Crippen molar-refractivity contribution in [2.75, 3.05) is 25.6 Å². The summed E-state index contributed by atoms with van der Waals surface area (Å²) in [5, 5.41) is 44.1. The number of ketones is 2. The summed E-state index contributed by atoms with van der Waals surface area (Å²) < 4.78 is 5.59. The van der Waals surface area contributed by atoms with Gasteiger partial charge in [-0.15, -0.1) is 0 Å². The summed E-state index contributed by atoms with van der Waals surface area (Å²) in [5.74, 6) is -7.22. The van der Waals surface area contributed by atoms with Crippen LogP contribution in [0.5, 0.6) is 5.75 Å². The Morgan fingerprint density at radius 1 is 1.26 bits per heavy atom. The standard InChI is InChI=1S/C25H32N2O8/c1-4-5-35-10-12-8-15(27(2)3)14-7-11-6-13-9-16(28)19(24(26)33)23(32)25(13,34)22(31)17(11)21(30)18(14)20(12)29/h8,11,13,16,19,28-30,34H,4-7,9-10H2,1-3H3,(H2,26,33)/t11-,13+,16?,19?,25+/m1/s1. The third-order valence-corrected chi connectivity index (χ3v) is 7.53. The number of phenols is 1. The molecule has 2 fully saturated rings. The maximum absolute atomic E-state index is 13.6. The second kappa shape index (κ2) is 8.92. The number of anilines is 1. The molecule has 3 aliphatic carbocycles. The Balaban J connectivity index is 1.86. The Morgan fingerprint density at radius 2 is 1.94 bits per heavy atom. The number of hydrogen-bond acceptors (Lipinski definition) is 9. The predicted molar refractivity (Wildman–Crippen MR) is 126 cm³/mol. The number of carbonyl (C=O) groups excluding carboxylic acids is 3. The highest BCUT2D eigenvalue weighted by molar-refractivity contribution is 6.24. The second-order valence-electron chi connectivity index (χ2n) is 9.94. The van der Waals surface area contributed by atoms with E-state index in [1.165, 1.54) is 0 Å². The molecule has 0 aliphatic heterocycles. The van der Waals surface area contributed by atoms with Gasteiger partial charge in [0.25, 0.3) is 0 Å². The van der Waals surface area contributed by atoms with Crippen molar-refractivity contribution in [1.82, 2.24) is 0 Å². The lowest BCUT2D eigenvalue weighted by molar-refractivity contribution is -0.174. The van der Waals surface area contributed by atoms with Crippen molar-refractivity contribution >= 4 is 28.9 Å². The van der Waals surface area contributed by atoms with Gasteiger partial charge in [-0.2, -0.15) is 0 Å². The number of fused-ring (bicyclic) bond motifs is 3. The molecule has 1 amide bonds. The van der Waals surface area contributed by atoms with Crippen LogP contribution in [0.25, 0.3) is 5.76 Å². The van der Waals surface area contributed by atoms with E-state index in [0.717, 1.165) is 12.1 Å². The van der Waals surface area contributed by atoms with Gasteiger partial charge >= 0.3 is 0 Å². The number of rotatable bonds is 6. The van der Waals surface area contributed by atoms with E-state index in [-0.39, 0.29) is 42.8 Å². The van der Waals surface area contributed by atoms with E-state index >= 15 is 0 Å². The van der Waals surface area contributed by atoms with Gasteiger partial charge in [0.1, 0.15) is 17.4 Å². The first-order valence-corrected chi connectivity index (χ1v) is 11.8. The minimum absolute atomic E-state index is 0.0719. The maximum Gasteiger partial charge on any atom is 0.230 e. The summed E-state index contributed by atoms with van der Waals surface area (Å²) in [6.07, 6.45) is -0.372. The van der Waals surface area contributed by atoms with Crippen LogP contribution < -0.4 is 10.6 Å². The van der Waals surface area contributed by atoms with E-state index in [4.69, 9.17) is 10.5 Å². The summed E-state index contributed by atoms with van der Waals surface area (Å²) in [7, 11) is 3.65. The molecule has 0 aromatic heterocycles. The highest BCUT2D eigenvalue weighted by atomic mass is 16.5. The number of nitrogens with two attached hydrogens (primary N) is 1. The molecule has 0 spiro atoms. The van der Waals surface area contributed by atoms with E-state index in [1.807, 2.05) is 25.9 Å². The fraction of sp³-hybridized carbons (Fsp3) is 0.560. The molecule has 3 aliphatic rings. The number of aliphatic hydroxyl groups excluding tert-OH is 2. The number of ether oxygens (including phenoxy) is 1. The van der Waals surface area contributed by atoms with Crippen LogP contribution in [-0.2, 0) is 32.1 Å². The Kier molecular flexibility index (Phi) is 6.41. The zero-order chi connectivity index (χ0) is 25.8. The number of amides is 1. The zero-order valence-electron chi connectivity index (χ0n) is 20.1. The van der Waals surface area contributed by atoms with E-state index in [2.05, 4.69) is 0 Å². The molecule has 0 radical (unpaired) electrons. The van der Waals surface area contributed by atoms with Crippen molar-refractivity contribution in [3.05, 3.63) is 28.3 Å². The van der Waals surface area contributed by atoms with Gasteiger partial charge in [-0.05, 0) is 43.2 Å². The molecule has 1 aromatic rings. The average Bonchev–Trinajstić information content (AvgIpc) is 2.77. The summed E-state index contributed by atoms with van der Waals surface area (Å²) >= 11 is 0. The van der Waals surface area contributed by atoms with Crippen molar-refractivity contribution in [1.29, 1.82) is 0 Å². The number of primary amides is 1. The lowest BCUT2D eigenvalue weighted by Gasteiger charge is -2.48. The second-order valence-corrected chi connectivity index (χ2v) is 9.94. The summed E-state index contributed by atoms with van der Waals surface area (Å²) in [6, 6.07) is 1.79. The van der Waals surface area contributed by atoms with Crippen molar-refractivity contribution in [3.63, 3.8) is 0 Å². The van der Waals surface area contributed by atoms with Crippen LogP contribution in [0.1, 0.15) is 42.9 Å². The first kappa shape index (κ1) is 25.2. The summed E-state index contributed by atoms with van der Waals surface area (Å²) in [6.45, 7) is 2.52. The van der Waals surface area contributed by atoms with E-state index in [0.29, 0.717) is 17.7 Å². The zero-order valence-corrected chi connectivity index (χ0v) is 20.1.